The van der Waals surface area contributed by atoms with E-state index in [0.717, 1.165) is 25.9 Å². The molecule has 11 heavy (non-hydrogen) atoms. The molecular weight excluding hydrogens is 136 g/mol. The zero-order chi connectivity index (χ0) is 8.69. The second-order valence-corrected chi connectivity index (χ2v) is 2.68. The first-order valence-corrected chi connectivity index (χ1v) is 4.43. The molecule has 1 unspecified atom stereocenters. The largest absolute Gasteiger partial charge is 0.288 e. The van der Waals surface area contributed by atoms with E-state index in [1.54, 1.807) is 0 Å². The fourth-order valence-electron chi connectivity index (χ4n) is 1.25. The van der Waals surface area contributed by atoms with Crippen LogP contribution in [0, 0.1) is 11.3 Å². The summed E-state index contributed by atoms with van der Waals surface area (Å²) >= 11 is 0. The molecule has 0 heterocycles. The molecule has 64 valence electrons. The third-order valence-electron chi connectivity index (χ3n) is 1.89. The van der Waals surface area contributed by atoms with Crippen molar-refractivity contribution in [1.29, 1.82) is 5.26 Å². The standard InChI is InChI=1S/C9H18N2/c1-4-7-11(6-3)9(5-2)8-10/h9H,4-7H2,1-3H3. The van der Waals surface area contributed by atoms with Crippen molar-refractivity contribution in [2.24, 2.45) is 0 Å². The predicted octanol–water partition coefficient (Wildman–Crippen LogP) is 2.02. The number of nitrogens with zero attached hydrogens (tertiary/aromatic N) is 2. The third kappa shape index (κ3) is 3.38. The van der Waals surface area contributed by atoms with Gasteiger partial charge in [0.25, 0.3) is 0 Å². The molecule has 0 bridgehead atoms. The summed E-state index contributed by atoms with van der Waals surface area (Å²) in [6.07, 6.45) is 2.07. The Hall–Kier alpha value is -0.550. The van der Waals surface area contributed by atoms with Gasteiger partial charge in [0.05, 0.1) is 12.1 Å². The first kappa shape index (κ1) is 10.4. The molecule has 2 heteroatoms. The van der Waals surface area contributed by atoms with Gasteiger partial charge in [-0.3, -0.25) is 4.90 Å². The van der Waals surface area contributed by atoms with Gasteiger partial charge in [-0.25, -0.2) is 0 Å². The van der Waals surface area contributed by atoms with Crippen molar-refractivity contribution in [3.05, 3.63) is 0 Å². The molecule has 0 radical (unpaired) electrons. The fraction of sp³-hybridized carbons (Fsp3) is 0.889. The average molecular weight is 154 g/mol. The molecule has 0 rings (SSSR count). The smallest absolute Gasteiger partial charge is 0.0975 e. The first-order chi connectivity index (χ1) is 5.29. The first-order valence-electron chi connectivity index (χ1n) is 4.43. The van der Waals surface area contributed by atoms with Crippen LogP contribution in [0.3, 0.4) is 0 Å². The summed E-state index contributed by atoms with van der Waals surface area (Å²) in [5.41, 5.74) is 0. The van der Waals surface area contributed by atoms with Gasteiger partial charge in [0.1, 0.15) is 0 Å². The Balaban J connectivity index is 3.89. The van der Waals surface area contributed by atoms with E-state index in [1.807, 2.05) is 0 Å². The maximum atomic E-state index is 8.76. The van der Waals surface area contributed by atoms with Crippen molar-refractivity contribution < 1.29 is 0 Å². The van der Waals surface area contributed by atoms with Gasteiger partial charge < -0.3 is 0 Å². The zero-order valence-electron chi connectivity index (χ0n) is 7.80. The molecule has 0 aromatic rings. The molecule has 0 saturated carbocycles. The molecule has 0 aliphatic rings. The zero-order valence-corrected chi connectivity index (χ0v) is 7.80. The second-order valence-electron chi connectivity index (χ2n) is 2.68. The van der Waals surface area contributed by atoms with Gasteiger partial charge in [-0.2, -0.15) is 5.26 Å². The van der Waals surface area contributed by atoms with Crippen LogP contribution >= 0.6 is 0 Å². The normalized spacial score (nSPS) is 13.0. The topological polar surface area (TPSA) is 27.0 Å². The molecular formula is C9H18N2. The summed E-state index contributed by atoms with van der Waals surface area (Å²) in [6, 6.07) is 2.44. The van der Waals surface area contributed by atoms with Gasteiger partial charge in [-0.1, -0.05) is 20.8 Å². The number of hydrogen-bond donors (Lipinski definition) is 0. The Morgan fingerprint density at radius 2 is 2.00 bits per heavy atom. The monoisotopic (exact) mass is 154 g/mol. The van der Waals surface area contributed by atoms with Crippen molar-refractivity contribution >= 4 is 0 Å². The van der Waals surface area contributed by atoms with E-state index in [-0.39, 0.29) is 6.04 Å². The van der Waals surface area contributed by atoms with E-state index in [1.165, 1.54) is 0 Å². The van der Waals surface area contributed by atoms with Gasteiger partial charge in [0.15, 0.2) is 0 Å². The fourth-order valence-corrected chi connectivity index (χ4v) is 1.25. The minimum absolute atomic E-state index is 0.125. The maximum absolute atomic E-state index is 8.76. The molecule has 0 amide bonds. The van der Waals surface area contributed by atoms with Crippen molar-refractivity contribution in [2.75, 3.05) is 13.1 Å². The summed E-state index contributed by atoms with van der Waals surface area (Å²) < 4.78 is 0. The molecule has 0 fully saturated rings. The molecule has 0 spiro atoms. The molecule has 0 aliphatic heterocycles. The molecule has 2 nitrogen and oxygen atoms in total. The lowest BCUT2D eigenvalue weighted by Crippen LogP contribution is -2.34. The van der Waals surface area contributed by atoms with E-state index in [0.29, 0.717) is 0 Å². The number of hydrogen-bond acceptors (Lipinski definition) is 2. The van der Waals surface area contributed by atoms with E-state index >= 15 is 0 Å². The van der Waals surface area contributed by atoms with Crippen molar-refractivity contribution in [1.82, 2.24) is 4.90 Å². The minimum Gasteiger partial charge on any atom is -0.288 e. The molecule has 0 saturated heterocycles. The van der Waals surface area contributed by atoms with Crippen molar-refractivity contribution in [3.63, 3.8) is 0 Å². The summed E-state index contributed by atoms with van der Waals surface area (Å²) in [5, 5.41) is 8.76. The van der Waals surface area contributed by atoms with Gasteiger partial charge in [-0.15, -0.1) is 0 Å². The third-order valence-corrected chi connectivity index (χ3v) is 1.89. The summed E-state index contributed by atoms with van der Waals surface area (Å²) in [6.45, 7) is 8.34. The number of rotatable bonds is 5. The Labute approximate surface area is 69.8 Å². The summed E-state index contributed by atoms with van der Waals surface area (Å²) in [7, 11) is 0. The number of nitriles is 1. The Kier molecular flexibility index (Phi) is 5.87. The Bertz CT molecular complexity index is 126. The highest BCUT2D eigenvalue weighted by molar-refractivity contribution is 4.89. The molecule has 0 aromatic heterocycles. The average Bonchev–Trinajstić information content (AvgIpc) is 2.05. The van der Waals surface area contributed by atoms with Crippen LogP contribution in [0.15, 0.2) is 0 Å². The molecule has 1 atom stereocenters. The Morgan fingerprint density at radius 3 is 2.27 bits per heavy atom. The lowest BCUT2D eigenvalue weighted by atomic mass is 10.2. The maximum Gasteiger partial charge on any atom is 0.0975 e. The van der Waals surface area contributed by atoms with Crippen LogP contribution in [0.2, 0.25) is 0 Å². The van der Waals surface area contributed by atoms with Crippen molar-refractivity contribution in [3.8, 4) is 6.07 Å². The molecule has 0 aromatic carbocycles. The van der Waals surface area contributed by atoms with Crippen LogP contribution in [0.25, 0.3) is 0 Å². The van der Waals surface area contributed by atoms with E-state index in [9.17, 15) is 0 Å². The highest BCUT2D eigenvalue weighted by atomic mass is 15.1. The second kappa shape index (κ2) is 6.18. The minimum atomic E-state index is 0.125. The lowest BCUT2D eigenvalue weighted by molar-refractivity contribution is 0.241. The van der Waals surface area contributed by atoms with Crippen LogP contribution < -0.4 is 0 Å². The Morgan fingerprint density at radius 1 is 1.36 bits per heavy atom. The van der Waals surface area contributed by atoms with Crippen LogP contribution in [0.5, 0.6) is 0 Å². The highest BCUT2D eigenvalue weighted by Crippen LogP contribution is 2.02. The van der Waals surface area contributed by atoms with Crippen LogP contribution in [-0.2, 0) is 0 Å². The lowest BCUT2D eigenvalue weighted by Gasteiger charge is -2.23. The quantitative estimate of drug-likeness (QED) is 0.605. The van der Waals surface area contributed by atoms with Gasteiger partial charge in [-0.05, 0) is 25.9 Å². The summed E-state index contributed by atoms with van der Waals surface area (Å²) in [5.74, 6) is 0. The van der Waals surface area contributed by atoms with Gasteiger partial charge in [0.2, 0.25) is 0 Å². The summed E-state index contributed by atoms with van der Waals surface area (Å²) in [4.78, 5) is 2.22. The molecule has 0 aliphatic carbocycles. The van der Waals surface area contributed by atoms with Crippen LogP contribution in [-0.4, -0.2) is 24.0 Å². The van der Waals surface area contributed by atoms with E-state index in [4.69, 9.17) is 5.26 Å². The van der Waals surface area contributed by atoms with Crippen LogP contribution in [0.4, 0.5) is 0 Å². The predicted molar refractivity (Wildman–Crippen MR) is 47.2 cm³/mol. The van der Waals surface area contributed by atoms with Gasteiger partial charge in [0, 0.05) is 0 Å². The van der Waals surface area contributed by atoms with E-state index in [2.05, 4.69) is 31.7 Å². The van der Waals surface area contributed by atoms with Crippen LogP contribution in [0.1, 0.15) is 33.6 Å². The highest BCUT2D eigenvalue weighted by Gasteiger charge is 2.11. The molecule has 0 N–H and O–H groups in total. The van der Waals surface area contributed by atoms with Gasteiger partial charge >= 0.3 is 0 Å². The SMILES string of the molecule is CCCN(CC)C(C#N)CC. The van der Waals surface area contributed by atoms with Crippen molar-refractivity contribution in [2.45, 2.75) is 39.7 Å². The van der Waals surface area contributed by atoms with E-state index < -0.39 is 0 Å².